The van der Waals surface area contributed by atoms with Gasteiger partial charge in [-0.15, -0.1) is 23.1 Å². The van der Waals surface area contributed by atoms with E-state index in [1.165, 1.54) is 4.88 Å². The normalized spacial score (nSPS) is 22.7. The number of carbonyl (C=O) groups is 1. The second kappa shape index (κ2) is 3.72. The van der Waals surface area contributed by atoms with Crippen LogP contribution in [0.25, 0.3) is 0 Å². The molecule has 0 saturated carbocycles. The van der Waals surface area contributed by atoms with Gasteiger partial charge in [-0.2, -0.15) is 0 Å². The Morgan fingerprint density at radius 2 is 2.54 bits per heavy atom. The average molecular weight is 213 g/mol. The number of carbonyl (C=O) groups excluding carboxylic acids is 1. The predicted octanol–water partition coefficient (Wildman–Crippen LogP) is 2.34. The van der Waals surface area contributed by atoms with E-state index in [1.54, 1.807) is 23.1 Å². The van der Waals surface area contributed by atoms with Crippen molar-refractivity contribution >= 4 is 29.0 Å². The first kappa shape index (κ1) is 9.09. The molecule has 1 fully saturated rings. The predicted molar refractivity (Wildman–Crippen MR) is 56.9 cm³/mol. The molecule has 0 spiro atoms. The summed E-state index contributed by atoms with van der Waals surface area (Å²) in [4.78, 5) is 14.7. The van der Waals surface area contributed by atoms with Crippen LogP contribution in [-0.4, -0.2) is 23.1 Å². The standard InChI is InChI=1S/C9H11NOS2/c1-2-10-8(11)6-13-9(10)7-4-3-5-12-7/h3-5,9H,2,6H2,1H3. The zero-order valence-electron chi connectivity index (χ0n) is 7.40. The minimum absolute atomic E-state index is 0.269. The van der Waals surface area contributed by atoms with Crippen LogP contribution >= 0.6 is 23.1 Å². The molecule has 0 radical (unpaired) electrons. The molecule has 1 aliphatic heterocycles. The van der Waals surface area contributed by atoms with Crippen molar-refractivity contribution in [2.24, 2.45) is 0 Å². The first-order chi connectivity index (χ1) is 6.33. The number of thiophene rings is 1. The molecule has 1 aromatic heterocycles. The van der Waals surface area contributed by atoms with Crippen LogP contribution in [0.3, 0.4) is 0 Å². The van der Waals surface area contributed by atoms with Crippen molar-refractivity contribution in [2.75, 3.05) is 12.3 Å². The summed E-state index contributed by atoms with van der Waals surface area (Å²) >= 11 is 3.45. The highest BCUT2D eigenvalue weighted by atomic mass is 32.2. The van der Waals surface area contributed by atoms with Crippen LogP contribution in [0.1, 0.15) is 17.2 Å². The molecular formula is C9H11NOS2. The van der Waals surface area contributed by atoms with E-state index in [-0.39, 0.29) is 11.3 Å². The van der Waals surface area contributed by atoms with E-state index in [9.17, 15) is 4.79 Å². The number of nitrogens with zero attached hydrogens (tertiary/aromatic N) is 1. The summed E-state index contributed by atoms with van der Waals surface area (Å²) in [6.45, 7) is 2.85. The lowest BCUT2D eigenvalue weighted by Crippen LogP contribution is -2.27. The van der Waals surface area contributed by atoms with Crippen LogP contribution in [-0.2, 0) is 4.79 Å². The zero-order valence-corrected chi connectivity index (χ0v) is 9.03. The van der Waals surface area contributed by atoms with Crippen LogP contribution in [0.4, 0.5) is 0 Å². The maximum atomic E-state index is 11.4. The summed E-state index contributed by atoms with van der Waals surface area (Å²) in [5.41, 5.74) is 0. The molecule has 1 saturated heterocycles. The van der Waals surface area contributed by atoms with Gasteiger partial charge in [-0.3, -0.25) is 4.79 Å². The highest BCUT2D eigenvalue weighted by Gasteiger charge is 2.31. The van der Waals surface area contributed by atoms with E-state index in [2.05, 4.69) is 11.4 Å². The Balaban J connectivity index is 2.21. The van der Waals surface area contributed by atoms with Gasteiger partial charge in [0, 0.05) is 11.4 Å². The van der Waals surface area contributed by atoms with Crippen LogP contribution in [0.5, 0.6) is 0 Å². The summed E-state index contributed by atoms with van der Waals surface area (Å²) in [6, 6.07) is 4.14. The highest BCUT2D eigenvalue weighted by molar-refractivity contribution is 8.00. The Morgan fingerprint density at radius 1 is 1.69 bits per heavy atom. The molecule has 13 heavy (non-hydrogen) atoms. The van der Waals surface area contributed by atoms with Crippen molar-refractivity contribution in [3.8, 4) is 0 Å². The smallest absolute Gasteiger partial charge is 0.233 e. The highest BCUT2D eigenvalue weighted by Crippen LogP contribution is 2.39. The van der Waals surface area contributed by atoms with Crippen molar-refractivity contribution in [1.29, 1.82) is 0 Å². The SMILES string of the molecule is CCN1C(=O)CSC1c1cccs1. The summed E-state index contributed by atoms with van der Waals surface area (Å²) in [7, 11) is 0. The molecule has 1 atom stereocenters. The number of hydrogen-bond donors (Lipinski definition) is 0. The maximum absolute atomic E-state index is 11.4. The third kappa shape index (κ3) is 1.60. The summed E-state index contributed by atoms with van der Waals surface area (Å²) in [5, 5.41) is 2.34. The molecule has 70 valence electrons. The van der Waals surface area contributed by atoms with Crippen molar-refractivity contribution in [2.45, 2.75) is 12.3 Å². The van der Waals surface area contributed by atoms with Gasteiger partial charge < -0.3 is 4.90 Å². The van der Waals surface area contributed by atoms with Crippen molar-refractivity contribution in [3.63, 3.8) is 0 Å². The van der Waals surface area contributed by atoms with Crippen molar-refractivity contribution in [3.05, 3.63) is 22.4 Å². The Morgan fingerprint density at radius 3 is 3.15 bits per heavy atom. The van der Waals surface area contributed by atoms with Gasteiger partial charge in [-0.1, -0.05) is 6.07 Å². The van der Waals surface area contributed by atoms with Crippen molar-refractivity contribution < 1.29 is 4.79 Å². The van der Waals surface area contributed by atoms with E-state index in [0.29, 0.717) is 5.75 Å². The Kier molecular flexibility index (Phi) is 2.60. The largest absolute Gasteiger partial charge is 0.325 e. The Bertz CT molecular complexity index is 297. The lowest BCUT2D eigenvalue weighted by Gasteiger charge is -2.20. The topological polar surface area (TPSA) is 20.3 Å². The summed E-state index contributed by atoms with van der Waals surface area (Å²) < 4.78 is 0. The lowest BCUT2D eigenvalue weighted by atomic mass is 10.4. The number of rotatable bonds is 2. The number of amides is 1. The van der Waals surface area contributed by atoms with Crippen LogP contribution < -0.4 is 0 Å². The maximum Gasteiger partial charge on any atom is 0.233 e. The molecule has 1 aromatic rings. The second-order valence-electron chi connectivity index (χ2n) is 2.86. The fourth-order valence-corrected chi connectivity index (χ4v) is 3.71. The molecular weight excluding hydrogens is 202 g/mol. The zero-order chi connectivity index (χ0) is 9.26. The van der Waals surface area contributed by atoms with Crippen LogP contribution in [0.15, 0.2) is 17.5 Å². The third-order valence-electron chi connectivity index (χ3n) is 2.10. The third-order valence-corrected chi connectivity index (χ3v) is 4.41. The Labute approximate surface area is 85.9 Å². The van der Waals surface area contributed by atoms with Gasteiger partial charge >= 0.3 is 0 Å². The Hall–Kier alpha value is -0.480. The molecule has 4 heteroatoms. The molecule has 2 nitrogen and oxygen atoms in total. The molecule has 1 amide bonds. The molecule has 0 aromatic carbocycles. The second-order valence-corrected chi connectivity index (χ2v) is 4.91. The quantitative estimate of drug-likeness (QED) is 0.751. The lowest BCUT2D eigenvalue weighted by molar-refractivity contribution is -0.127. The van der Waals surface area contributed by atoms with E-state index < -0.39 is 0 Å². The monoisotopic (exact) mass is 213 g/mol. The molecule has 2 heterocycles. The average Bonchev–Trinajstić information content (AvgIpc) is 2.71. The molecule has 1 unspecified atom stereocenters. The molecule has 0 bridgehead atoms. The van der Waals surface area contributed by atoms with E-state index in [1.807, 2.05) is 17.9 Å². The summed E-state index contributed by atoms with van der Waals surface area (Å²) in [6.07, 6.45) is 0. The molecule has 0 N–H and O–H groups in total. The first-order valence-electron chi connectivity index (χ1n) is 4.27. The summed E-state index contributed by atoms with van der Waals surface area (Å²) in [5.74, 6) is 0.905. The van der Waals surface area contributed by atoms with Crippen LogP contribution in [0.2, 0.25) is 0 Å². The van der Waals surface area contributed by atoms with Crippen LogP contribution in [0, 0.1) is 0 Å². The van der Waals surface area contributed by atoms with Gasteiger partial charge in [0.25, 0.3) is 0 Å². The minimum Gasteiger partial charge on any atom is -0.325 e. The van der Waals surface area contributed by atoms with E-state index >= 15 is 0 Å². The molecule has 0 aliphatic carbocycles. The van der Waals surface area contributed by atoms with Gasteiger partial charge in [0.2, 0.25) is 5.91 Å². The first-order valence-corrected chi connectivity index (χ1v) is 6.20. The number of thioether (sulfide) groups is 1. The minimum atomic E-state index is 0.269. The van der Waals surface area contributed by atoms with Gasteiger partial charge in [0.1, 0.15) is 5.37 Å². The van der Waals surface area contributed by atoms with Crippen molar-refractivity contribution in [1.82, 2.24) is 4.90 Å². The van der Waals surface area contributed by atoms with Gasteiger partial charge in [0.05, 0.1) is 5.75 Å². The fourth-order valence-electron chi connectivity index (χ4n) is 1.46. The van der Waals surface area contributed by atoms with Gasteiger partial charge in [-0.05, 0) is 18.4 Å². The molecule has 2 rings (SSSR count). The van der Waals surface area contributed by atoms with E-state index in [4.69, 9.17) is 0 Å². The molecule has 1 aliphatic rings. The van der Waals surface area contributed by atoms with Gasteiger partial charge in [0.15, 0.2) is 0 Å². The van der Waals surface area contributed by atoms with E-state index in [0.717, 1.165) is 6.54 Å². The number of hydrogen-bond acceptors (Lipinski definition) is 3. The van der Waals surface area contributed by atoms with Gasteiger partial charge in [-0.25, -0.2) is 0 Å². The fraction of sp³-hybridized carbons (Fsp3) is 0.444.